The molecule has 8 nitrogen and oxygen atoms in total. The minimum atomic E-state index is -0.503. The monoisotopic (exact) mass is 660 g/mol. The van der Waals surface area contributed by atoms with E-state index in [-0.39, 0.29) is 30.5 Å². The molecule has 3 heterocycles. The predicted octanol–water partition coefficient (Wildman–Crippen LogP) is 4.49. The van der Waals surface area contributed by atoms with Crippen LogP contribution in [0.3, 0.4) is 0 Å². The molecule has 1 fully saturated rings. The Morgan fingerprint density at radius 3 is 2.97 bits per heavy atom. The predicted molar refractivity (Wildman–Crippen MR) is 141 cm³/mol. The molecule has 3 atom stereocenters. The van der Waals surface area contributed by atoms with E-state index in [9.17, 15) is 9.90 Å². The zero-order valence-electron chi connectivity index (χ0n) is 17.3. The molecule has 0 spiro atoms. The quantitative estimate of drug-likeness (QED) is 0.159. The van der Waals surface area contributed by atoms with Gasteiger partial charge in [-0.25, -0.2) is 0 Å². The number of aliphatic hydroxyl groups excluding tert-OH is 1. The second-order valence-corrected chi connectivity index (χ2v) is 14.8. The molecule has 0 amide bonds. The van der Waals surface area contributed by atoms with Gasteiger partial charge >= 0.3 is 162 Å². The molecular weight excluding hydrogens is 640 g/mol. The molecule has 0 aliphatic heterocycles. The Labute approximate surface area is 216 Å². The molecule has 0 unspecified atom stereocenters. The van der Waals surface area contributed by atoms with Gasteiger partial charge in [-0.1, -0.05) is 0 Å². The van der Waals surface area contributed by atoms with Gasteiger partial charge in [0.15, 0.2) is 0 Å². The number of aromatic nitrogens is 4. The van der Waals surface area contributed by atoms with E-state index < -0.39 is 7.32 Å². The van der Waals surface area contributed by atoms with Crippen molar-refractivity contribution in [2.45, 2.75) is 31.5 Å². The summed E-state index contributed by atoms with van der Waals surface area (Å²) in [6, 6.07) is 3.81. The standard InChI is InChI=1S/C21H21BrIN5O3PS/c22-16-3-13(6-24-7-16)9-28-2-1-14(10-28)20(30)18-8-25-12-26-21(18)27-17-4-15(11-29)19(5-17)31-33(23)32/h1-3,6-8,10,12,15,17,19,29H,4-5,9,11H2,(H,25,26,27)/q-1/t15-,17-,19+/m1/s1. The fraction of sp³-hybridized carbons (Fsp3) is 0.333. The number of hydrogen-bond donors (Lipinski definition) is 2. The van der Waals surface area contributed by atoms with Gasteiger partial charge in [0.2, 0.25) is 0 Å². The van der Waals surface area contributed by atoms with E-state index in [4.69, 9.17) is 4.18 Å². The van der Waals surface area contributed by atoms with Crippen molar-refractivity contribution < 1.29 is 14.1 Å². The van der Waals surface area contributed by atoms with Gasteiger partial charge in [0.05, 0.1) is 0 Å². The van der Waals surface area contributed by atoms with Crippen LogP contribution in [-0.4, -0.2) is 49.2 Å². The third kappa shape index (κ3) is 6.52. The molecule has 174 valence electrons. The third-order valence-electron chi connectivity index (χ3n) is 5.50. The molecule has 0 saturated heterocycles. The number of halogens is 2. The average Bonchev–Trinajstić information content (AvgIpc) is 3.40. The maximum atomic E-state index is 13.3. The van der Waals surface area contributed by atoms with E-state index in [1.807, 2.05) is 23.0 Å². The first-order valence-electron chi connectivity index (χ1n) is 10.2. The van der Waals surface area contributed by atoms with Crippen LogP contribution in [0.2, 0.25) is 0 Å². The Morgan fingerprint density at radius 1 is 1.36 bits per heavy atom. The number of anilines is 1. The number of carbonyl (C=O) groups is 1. The molecule has 1 saturated carbocycles. The van der Waals surface area contributed by atoms with Crippen LogP contribution >= 0.6 is 44.9 Å². The topological polar surface area (TPSA) is 102 Å². The van der Waals surface area contributed by atoms with E-state index in [2.05, 4.69) is 65.2 Å². The Bertz CT molecular complexity index is 1220. The van der Waals surface area contributed by atoms with Gasteiger partial charge in [0, 0.05) is 23.4 Å². The van der Waals surface area contributed by atoms with Crippen LogP contribution in [0, 0.1) is 5.92 Å². The van der Waals surface area contributed by atoms with Gasteiger partial charge in [-0.05, 0) is 27.6 Å². The van der Waals surface area contributed by atoms with E-state index in [0.717, 1.165) is 16.5 Å². The molecule has 33 heavy (non-hydrogen) atoms. The summed E-state index contributed by atoms with van der Waals surface area (Å²) < 4.78 is 8.71. The van der Waals surface area contributed by atoms with E-state index >= 15 is 0 Å². The molecule has 0 radical (unpaired) electrons. The normalized spacial score (nSPS) is 20.3. The second-order valence-electron chi connectivity index (χ2n) is 7.79. The zero-order valence-corrected chi connectivity index (χ0v) is 22.8. The van der Waals surface area contributed by atoms with Crippen molar-refractivity contribution in [3.63, 3.8) is 0 Å². The molecule has 12 heteroatoms. The Kier molecular flexibility index (Phi) is 8.75. The summed E-state index contributed by atoms with van der Waals surface area (Å²) >= 11 is 5.54. The zero-order chi connectivity index (χ0) is 23.4. The summed E-state index contributed by atoms with van der Waals surface area (Å²) in [6.45, 7) is 0.646. The van der Waals surface area contributed by atoms with Crippen LogP contribution in [-0.2, 0) is 18.1 Å². The van der Waals surface area contributed by atoms with Crippen molar-refractivity contribution in [2.24, 2.45) is 5.92 Å². The molecule has 2 N–H and O–H groups in total. The Balaban J connectivity index is 1.48. The van der Waals surface area contributed by atoms with E-state index in [1.165, 1.54) is 12.5 Å². The maximum absolute atomic E-state index is 13.3. The molecule has 1 aliphatic rings. The number of carbonyl (C=O) groups excluding carboxylic acids is 1. The van der Waals surface area contributed by atoms with Gasteiger partial charge in [-0.15, -0.1) is 0 Å². The van der Waals surface area contributed by atoms with Crippen LogP contribution in [0.25, 0.3) is 0 Å². The summed E-state index contributed by atoms with van der Waals surface area (Å²) in [5.41, 5.74) is 1.99. The first-order chi connectivity index (χ1) is 15.9. The van der Waals surface area contributed by atoms with Gasteiger partial charge in [-0.3, -0.25) is 4.98 Å². The van der Waals surface area contributed by atoms with Crippen LogP contribution in [0.5, 0.6) is 0 Å². The molecule has 1 aliphatic carbocycles. The SMILES string of the molecule is O=C(c1ccn(Cc2cncc(Br)c2)c1)c1cncnc1N[C@@H]1C[C@H](CO)[C@@H](O[S-](#P)I)C1. The van der Waals surface area contributed by atoms with Crippen LogP contribution in [0.1, 0.15) is 34.3 Å². The Morgan fingerprint density at radius 2 is 2.21 bits per heavy atom. The Hall–Kier alpha value is -1.11. The number of ketones is 1. The van der Waals surface area contributed by atoms with Crippen molar-refractivity contribution >= 4 is 63.9 Å². The first kappa shape index (κ1) is 25.0. The number of hydrogen-bond acceptors (Lipinski definition) is 8. The fourth-order valence-corrected chi connectivity index (χ4v) is 5.99. The van der Waals surface area contributed by atoms with Gasteiger partial charge in [0.1, 0.15) is 0 Å². The van der Waals surface area contributed by atoms with Crippen LogP contribution < -0.4 is 5.32 Å². The second kappa shape index (κ2) is 11.5. The van der Waals surface area contributed by atoms with E-state index in [0.29, 0.717) is 29.9 Å². The summed E-state index contributed by atoms with van der Waals surface area (Å²) in [4.78, 5) is 25.8. The van der Waals surface area contributed by atoms with Crippen LogP contribution in [0.4, 0.5) is 5.82 Å². The summed E-state index contributed by atoms with van der Waals surface area (Å²) in [5, 5.41) is 13.1. The molecule has 4 rings (SSSR count). The average molecular weight is 661 g/mol. The number of aliphatic hydroxyl groups is 1. The van der Waals surface area contributed by atoms with E-state index in [1.54, 1.807) is 18.5 Å². The van der Waals surface area contributed by atoms with Crippen molar-refractivity contribution in [1.29, 1.82) is 0 Å². The minimum absolute atomic E-state index is 0.0157. The summed E-state index contributed by atoms with van der Waals surface area (Å²) in [7, 11) is 3.82. The third-order valence-corrected chi connectivity index (χ3v) is 7.23. The summed E-state index contributed by atoms with van der Waals surface area (Å²) in [6.07, 6.45) is 11.5. The number of nitrogens with one attached hydrogen (secondary N) is 1. The van der Waals surface area contributed by atoms with Crippen molar-refractivity contribution in [3.05, 3.63) is 70.6 Å². The molecular formula is C21H21BrIN5O3PS-. The van der Waals surface area contributed by atoms with Gasteiger partial charge in [0.25, 0.3) is 0 Å². The first-order valence-corrected chi connectivity index (χ1v) is 15.7. The molecule has 0 aromatic carbocycles. The summed E-state index contributed by atoms with van der Waals surface area (Å²) in [5.74, 6) is 0.348. The number of rotatable bonds is 8. The number of nitrogens with zero attached hydrogens (tertiary/aromatic N) is 4. The fourth-order valence-electron chi connectivity index (χ4n) is 4.00. The van der Waals surface area contributed by atoms with Crippen LogP contribution in [0.15, 0.2) is 53.9 Å². The van der Waals surface area contributed by atoms with Crippen molar-refractivity contribution in [2.75, 3.05) is 11.9 Å². The van der Waals surface area contributed by atoms with Crippen molar-refractivity contribution in [1.82, 2.24) is 19.5 Å². The van der Waals surface area contributed by atoms with Gasteiger partial charge < -0.3 is 0 Å². The van der Waals surface area contributed by atoms with Gasteiger partial charge in [-0.2, -0.15) is 0 Å². The van der Waals surface area contributed by atoms with Crippen molar-refractivity contribution in [3.8, 4) is 0 Å². The molecule has 3 aromatic rings. The molecule has 0 bridgehead atoms. The number of pyridine rings is 1. The molecule has 3 aromatic heterocycles.